The van der Waals surface area contributed by atoms with Gasteiger partial charge in [0.25, 0.3) is 5.91 Å². The highest BCUT2D eigenvalue weighted by Crippen LogP contribution is 2.08. The van der Waals surface area contributed by atoms with Crippen LogP contribution in [0.5, 0.6) is 0 Å². The largest absolute Gasteiger partial charge is 0.394 e. The van der Waals surface area contributed by atoms with E-state index in [1.807, 2.05) is 27.7 Å². The second-order valence-corrected chi connectivity index (χ2v) is 5.18. The number of carbonyl (C=O) groups is 1. The topological polar surface area (TPSA) is 90.9 Å². The molecule has 1 heterocycles. The van der Waals surface area contributed by atoms with Crippen molar-refractivity contribution in [2.75, 3.05) is 6.61 Å². The minimum atomic E-state index is -0.349. The molecule has 3 N–H and O–H groups in total. The summed E-state index contributed by atoms with van der Waals surface area (Å²) in [6.45, 7) is 7.94. The highest BCUT2D eigenvalue weighted by Gasteiger charge is 2.18. The van der Waals surface area contributed by atoms with E-state index in [4.69, 9.17) is 0 Å². The molecule has 6 nitrogen and oxygen atoms in total. The van der Waals surface area contributed by atoms with Crippen molar-refractivity contribution in [1.82, 2.24) is 20.5 Å². The third-order valence-electron chi connectivity index (χ3n) is 2.56. The molecule has 102 valence electrons. The highest BCUT2D eigenvalue weighted by molar-refractivity contribution is 5.90. The van der Waals surface area contributed by atoms with Gasteiger partial charge >= 0.3 is 0 Å². The van der Waals surface area contributed by atoms with Crippen LogP contribution in [0, 0.1) is 5.92 Å². The van der Waals surface area contributed by atoms with E-state index in [0.29, 0.717) is 11.7 Å². The van der Waals surface area contributed by atoms with Gasteiger partial charge in [-0.1, -0.05) is 27.7 Å². The molecule has 1 rings (SSSR count). The molecule has 1 unspecified atom stereocenters. The Labute approximate surface area is 107 Å². The Morgan fingerprint density at radius 3 is 2.50 bits per heavy atom. The van der Waals surface area contributed by atoms with E-state index in [1.165, 1.54) is 0 Å². The zero-order valence-corrected chi connectivity index (χ0v) is 11.4. The van der Waals surface area contributed by atoms with Crippen molar-refractivity contribution in [3.63, 3.8) is 0 Å². The lowest BCUT2D eigenvalue weighted by molar-refractivity contribution is 0.0898. The van der Waals surface area contributed by atoms with E-state index >= 15 is 0 Å². The molecule has 0 aliphatic carbocycles. The SMILES string of the molecule is CC(C)CC(CO)NC(=O)c1n[nH]c(C(C)C)n1. The van der Waals surface area contributed by atoms with Crippen LogP contribution in [0.15, 0.2) is 0 Å². The Kier molecular flexibility index (Phi) is 5.27. The zero-order valence-electron chi connectivity index (χ0n) is 11.4. The van der Waals surface area contributed by atoms with Crippen LogP contribution in [0.3, 0.4) is 0 Å². The van der Waals surface area contributed by atoms with Gasteiger partial charge in [0.15, 0.2) is 0 Å². The van der Waals surface area contributed by atoms with E-state index in [9.17, 15) is 9.90 Å². The van der Waals surface area contributed by atoms with Gasteiger partial charge in [0.05, 0.1) is 12.6 Å². The predicted octanol–water partition coefficient (Wildman–Crippen LogP) is 1.06. The van der Waals surface area contributed by atoms with Gasteiger partial charge in [-0.15, -0.1) is 5.10 Å². The van der Waals surface area contributed by atoms with Crippen LogP contribution in [0.2, 0.25) is 0 Å². The minimum absolute atomic E-state index is 0.0780. The number of aliphatic hydroxyl groups excluding tert-OH is 1. The Balaban J connectivity index is 2.62. The fourth-order valence-corrected chi connectivity index (χ4v) is 1.63. The van der Waals surface area contributed by atoms with Crippen LogP contribution < -0.4 is 5.32 Å². The van der Waals surface area contributed by atoms with Crippen molar-refractivity contribution in [2.45, 2.75) is 46.1 Å². The number of carbonyl (C=O) groups excluding carboxylic acids is 1. The number of hydrogen-bond acceptors (Lipinski definition) is 4. The fraction of sp³-hybridized carbons (Fsp3) is 0.750. The van der Waals surface area contributed by atoms with Gasteiger partial charge in [-0.25, -0.2) is 4.98 Å². The second-order valence-electron chi connectivity index (χ2n) is 5.18. The summed E-state index contributed by atoms with van der Waals surface area (Å²) in [4.78, 5) is 16.0. The molecule has 18 heavy (non-hydrogen) atoms. The molecule has 1 aromatic rings. The number of aromatic amines is 1. The van der Waals surface area contributed by atoms with Crippen LogP contribution in [0.1, 0.15) is 56.5 Å². The van der Waals surface area contributed by atoms with E-state index in [-0.39, 0.29) is 30.3 Å². The number of hydrogen-bond donors (Lipinski definition) is 3. The van der Waals surface area contributed by atoms with Crippen molar-refractivity contribution < 1.29 is 9.90 Å². The maximum atomic E-state index is 11.9. The smallest absolute Gasteiger partial charge is 0.291 e. The Morgan fingerprint density at radius 1 is 1.39 bits per heavy atom. The van der Waals surface area contributed by atoms with Crippen LogP contribution in [0.25, 0.3) is 0 Å². The first-order chi connectivity index (χ1) is 8.43. The number of nitrogens with one attached hydrogen (secondary N) is 2. The van der Waals surface area contributed by atoms with Crippen molar-refractivity contribution in [2.24, 2.45) is 5.92 Å². The summed E-state index contributed by atoms with van der Waals surface area (Å²) >= 11 is 0. The quantitative estimate of drug-likeness (QED) is 0.708. The summed E-state index contributed by atoms with van der Waals surface area (Å²) < 4.78 is 0. The maximum absolute atomic E-state index is 11.9. The van der Waals surface area contributed by atoms with Gasteiger partial charge in [-0.05, 0) is 12.3 Å². The van der Waals surface area contributed by atoms with E-state index in [1.54, 1.807) is 0 Å². The second kappa shape index (κ2) is 6.49. The minimum Gasteiger partial charge on any atom is -0.394 e. The Bertz CT molecular complexity index is 387. The van der Waals surface area contributed by atoms with Crippen molar-refractivity contribution in [3.8, 4) is 0 Å². The molecule has 1 amide bonds. The van der Waals surface area contributed by atoms with Crippen molar-refractivity contribution in [3.05, 3.63) is 11.6 Å². The van der Waals surface area contributed by atoms with Crippen LogP contribution in [0.4, 0.5) is 0 Å². The van der Waals surface area contributed by atoms with Gasteiger partial charge < -0.3 is 10.4 Å². The zero-order chi connectivity index (χ0) is 13.7. The van der Waals surface area contributed by atoms with E-state index in [2.05, 4.69) is 20.5 Å². The molecule has 0 saturated carbocycles. The summed E-state index contributed by atoms with van der Waals surface area (Å²) in [6.07, 6.45) is 0.726. The molecule has 6 heteroatoms. The number of H-pyrrole nitrogens is 1. The van der Waals surface area contributed by atoms with Crippen LogP contribution in [-0.4, -0.2) is 38.8 Å². The summed E-state index contributed by atoms with van der Waals surface area (Å²) in [5, 5.41) is 18.5. The van der Waals surface area contributed by atoms with Crippen molar-refractivity contribution in [1.29, 1.82) is 0 Å². The molecule has 0 aromatic carbocycles. The summed E-state index contributed by atoms with van der Waals surface area (Å²) in [6, 6.07) is -0.251. The lowest BCUT2D eigenvalue weighted by atomic mass is 10.0. The molecular weight excluding hydrogens is 232 g/mol. The first-order valence-electron chi connectivity index (χ1n) is 6.28. The van der Waals surface area contributed by atoms with E-state index < -0.39 is 0 Å². The molecule has 0 radical (unpaired) electrons. The van der Waals surface area contributed by atoms with Gasteiger partial charge in [0.1, 0.15) is 5.82 Å². The average molecular weight is 254 g/mol. The molecule has 0 saturated heterocycles. The van der Waals surface area contributed by atoms with Gasteiger partial charge in [-0.3, -0.25) is 9.89 Å². The molecule has 0 aliphatic heterocycles. The lowest BCUT2D eigenvalue weighted by Crippen LogP contribution is -2.38. The first kappa shape index (κ1) is 14.6. The number of amides is 1. The third kappa shape index (κ3) is 4.10. The summed E-state index contributed by atoms with van der Waals surface area (Å²) in [5.74, 6) is 1.06. The first-order valence-corrected chi connectivity index (χ1v) is 6.28. The highest BCUT2D eigenvalue weighted by atomic mass is 16.3. The lowest BCUT2D eigenvalue weighted by Gasteiger charge is -2.17. The summed E-state index contributed by atoms with van der Waals surface area (Å²) in [5.41, 5.74) is 0. The number of aromatic nitrogens is 3. The number of rotatable bonds is 6. The fourth-order valence-electron chi connectivity index (χ4n) is 1.63. The molecule has 0 fully saturated rings. The molecule has 1 atom stereocenters. The van der Waals surface area contributed by atoms with Crippen LogP contribution >= 0.6 is 0 Å². The average Bonchev–Trinajstić information content (AvgIpc) is 2.76. The van der Waals surface area contributed by atoms with Gasteiger partial charge in [-0.2, -0.15) is 0 Å². The molecule has 0 bridgehead atoms. The molecule has 0 spiro atoms. The molecule has 0 aliphatic rings. The van der Waals surface area contributed by atoms with Gasteiger partial charge in [0, 0.05) is 5.92 Å². The number of aliphatic hydroxyl groups is 1. The predicted molar refractivity (Wildman–Crippen MR) is 68.3 cm³/mol. The monoisotopic (exact) mass is 254 g/mol. The van der Waals surface area contributed by atoms with Crippen LogP contribution in [-0.2, 0) is 0 Å². The summed E-state index contributed by atoms with van der Waals surface area (Å²) in [7, 11) is 0. The van der Waals surface area contributed by atoms with Gasteiger partial charge in [0.2, 0.25) is 5.82 Å². The Hall–Kier alpha value is -1.43. The molecular formula is C12H22N4O2. The number of nitrogens with zero attached hydrogens (tertiary/aromatic N) is 2. The Morgan fingerprint density at radius 2 is 2.06 bits per heavy atom. The van der Waals surface area contributed by atoms with Crippen molar-refractivity contribution >= 4 is 5.91 Å². The standard InChI is InChI=1S/C12H22N4O2/c1-7(2)5-9(6-17)13-12(18)11-14-10(8(3)4)15-16-11/h7-9,17H,5-6H2,1-4H3,(H,13,18)(H,14,15,16). The normalized spacial score (nSPS) is 13.1. The molecule has 1 aromatic heterocycles. The third-order valence-corrected chi connectivity index (χ3v) is 2.56. The van der Waals surface area contributed by atoms with E-state index in [0.717, 1.165) is 6.42 Å². The maximum Gasteiger partial charge on any atom is 0.291 e.